The van der Waals surface area contributed by atoms with E-state index in [9.17, 15) is 0 Å². The molecule has 0 bridgehead atoms. The molecule has 15 heavy (non-hydrogen) atoms. The van der Waals surface area contributed by atoms with Crippen molar-refractivity contribution in [2.75, 3.05) is 5.32 Å². The largest absolute Gasteiger partial charge is 0.381 e. The maximum atomic E-state index is 6.05. The molecule has 1 saturated carbocycles. The molecular formula is C13H20N2. The number of hydrogen-bond donors (Lipinski definition) is 2. The quantitative estimate of drug-likeness (QED) is 0.777. The second kappa shape index (κ2) is 4.23. The molecule has 2 heteroatoms. The lowest BCUT2D eigenvalue weighted by atomic mass is 10.1. The van der Waals surface area contributed by atoms with Crippen LogP contribution in [0, 0.1) is 13.8 Å². The van der Waals surface area contributed by atoms with E-state index < -0.39 is 0 Å². The lowest BCUT2D eigenvalue weighted by Crippen LogP contribution is -2.35. The zero-order chi connectivity index (χ0) is 10.8. The summed E-state index contributed by atoms with van der Waals surface area (Å²) < 4.78 is 0. The third kappa shape index (κ3) is 2.32. The molecule has 0 saturated heterocycles. The first-order valence-electron chi connectivity index (χ1n) is 5.76. The SMILES string of the molecule is Cc1ccc(C)c(NC2CCCC2N)c1. The Balaban J connectivity index is 2.12. The summed E-state index contributed by atoms with van der Waals surface area (Å²) in [6.07, 6.45) is 3.61. The van der Waals surface area contributed by atoms with E-state index in [0.717, 1.165) is 6.42 Å². The van der Waals surface area contributed by atoms with Gasteiger partial charge < -0.3 is 11.1 Å². The zero-order valence-corrected chi connectivity index (χ0v) is 9.59. The van der Waals surface area contributed by atoms with Crippen LogP contribution in [-0.4, -0.2) is 12.1 Å². The molecule has 82 valence electrons. The van der Waals surface area contributed by atoms with Crippen LogP contribution in [0.4, 0.5) is 5.69 Å². The highest BCUT2D eigenvalue weighted by Gasteiger charge is 2.23. The van der Waals surface area contributed by atoms with Crippen molar-refractivity contribution >= 4 is 5.69 Å². The molecule has 1 fully saturated rings. The Morgan fingerprint density at radius 2 is 2.07 bits per heavy atom. The van der Waals surface area contributed by atoms with Crippen LogP contribution >= 0.6 is 0 Å². The second-order valence-electron chi connectivity index (χ2n) is 4.66. The Labute approximate surface area is 91.9 Å². The molecule has 2 unspecified atom stereocenters. The molecule has 0 spiro atoms. The molecule has 1 aliphatic carbocycles. The van der Waals surface area contributed by atoms with Crippen molar-refractivity contribution in [3.05, 3.63) is 29.3 Å². The number of rotatable bonds is 2. The van der Waals surface area contributed by atoms with Crippen LogP contribution in [0.15, 0.2) is 18.2 Å². The first-order chi connectivity index (χ1) is 7.16. The van der Waals surface area contributed by atoms with E-state index in [-0.39, 0.29) is 0 Å². The normalized spacial score (nSPS) is 25.5. The van der Waals surface area contributed by atoms with Crippen LogP contribution in [-0.2, 0) is 0 Å². The molecule has 1 aromatic rings. The summed E-state index contributed by atoms with van der Waals surface area (Å²) in [5, 5.41) is 3.57. The Morgan fingerprint density at radius 1 is 1.27 bits per heavy atom. The first kappa shape index (κ1) is 10.5. The van der Waals surface area contributed by atoms with Gasteiger partial charge in [-0.3, -0.25) is 0 Å². The van der Waals surface area contributed by atoms with E-state index in [1.165, 1.54) is 29.7 Å². The van der Waals surface area contributed by atoms with Gasteiger partial charge in [-0.1, -0.05) is 12.1 Å². The van der Waals surface area contributed by atoms with Gasteiger partial charge in [0.1, 0.15) is 0 Å². The highest BCUT2D eigenvalue weighted by Crippen LogP contribution is 2.24. The molecule has 0 aliphatic heterocycles. The van der Waals surface area contributed by atoms with Crippen LogP contribution in [0.3, 0.4) is 0 Å². The average Bonchev–Trinajstić information content (AvgIpc) is 2.58. The topological polar surface area (TPSA) is 38.0 Å². The summed E-state index contributed by atoms with van der Waals surface area (Å²) in [7, 11) is 0. The van der Waals surface area contributed by atoms with E-state index in [1.54, 1.807) is 0 Å². The minimum atomic E-state index is 0.324. The predicted octanol–water partition coefficient (Wildman–Crippen LogP) is 2.60. The minimum absolute atomic E-state index is 0.324. The lowest BCUT2D eigenvalue weighted by molar-refractivity contribution is 0.637. The van der Waals surface area contributed by atoms with Gasteiger partial charge in [0.25, 0.3) is 0 Å². The fourth-order valence-corrected chi connectivity index (χ4v) is 2.26. The van der Waals surface area contributed by atoms with Crippen LogP contribution in [0.5, 0.6) is 0 Å². The van der Waals surface area contributed by atoms with E-state index >= 15 is 0 Å². The van der Waals surface area contributed by atoms with E-state index in [4.69, 9.17) is 5.73 Å². The molecular weight excluding hydrogens is 184 g/mol. The summed E-state index contributed by atoms with van der Waals surface area (Å²) in [5.74, 6) is 0. The van der Waals surface area contributed by atoms with Gasteiger partial charge in [0.15, 0.2) is 0 Å². The van der Waals surface area contributed by atoms with Crippen LogP contribution in [0.2, 0.25) is 0 Å². The molecule has 0 amide bonds. The molecule has 1 aliphatic rings. The molecule has 3 N–H and O–H groups in total. The molecule has 0 heterocycles. The fraction of sp³-hybridized carbons (Fsp3) is 0.538. The van der Waals surface area contributed by atoms with E-state index in [0.29, 0.717) is 12.1 Å². The van der Waals surface area contributed by atoms with E-state index in [2.05, 4.69) is 37.4 Å². The molecule has 2 atom stereocenters. The Morgan fingerprint density at radius 3 is 2.73 bits per heavy atom. The van der Waals surface area contributed by atoms with Crippen molar-refractivity contribution in [3.8, 4) is 0 Å². The van der Waals surface area contributed by atoms with Gasteiger partial charge in [-0.05, 0) is 50.3 Å². The minimum Gasteiger partial charge on any atom is -0.381 e. The van der Waals surface area contributed by atoms with E-state index in [1.807, 2.05) is 0 Å². The third-order valence-electron chi connectivity index (χ3n) is 3.30. The van der Waals surface area contributed by atoms with Gasteiger partial charge in [0.05, 0.1) is 0 Å². The van der Waals surface area contributed by atoms with Gasteiger partial charge in [-0.2, -0.15) is 0 Å². The lowest BCUT2D eigenvalue weighted by Gasteiger charge is -2.20. The van der Waals surface area contributed by atoms with Gasteiger partial charge in [0, 0.05) is 17.8 Å². The van der Waals surface area contributed by atoms with Crippen molar-refractivity contribution in [1.29, 1.82) is 0 Å². The number of anilines is 1. The van der Waals surface area contributed by atoms with Gasteiger partial charge in [-0.15, -0.1) is 0 Å². The molecule has 2 nitrogen and oxygen atoms in total. The summed E-state index contributed by atoms with van der Waals surface area (Å²) in [6.45, 7) is 4.27. The highest BCUT2D eigenvalue weighted by atomic mass is 15.0. The summed E-state index contributed by atoms with van der Waals surface area (Å²) in [4.78, 5) is 0. The monoisotopic (exact) mass is 204 g/mol. The molecule has 2 rings (SSSR count). The summed E-state index contributed by atoms with van der Waals surface area (Å²) in [5.41, 5.74) is 9.91. The number of nitrogens with two attached hydrogens (primary N) is 1. The standard InChI is InChI=1S/C13H20N2/c1-9-6-7-10(2)13(8-9)15-12-5-3-4-11(12)14/h6-8,11-12,15H,3-5,14H2,1-2H3. The Hall–Kier alpha value is -1.02. The van der Waals surface area contributed by atoms with Crippen molar-refractivity contribution in [2.45, 2.75) is 45.2 Å². The zero-order valence-electron chi connectivity index (χ0n) is 9.59. The van der Waals surface area contributed by atoms with Crippen LogP contribution < -0.4 is 11.1 Å². The second-order valence-corrected chi connectivity index (χ2v) is 4.66. The summed E-state index contributed by atoms with van der Waals surface area (Å²) >= 11 is 0. The first-order valence-corrected chi connectivity index (χ1v) is 5.76. The van der Waals surface area contributed by atoms with Crippen LogP contribution in [0.1, 0.15) is 30.4 Å². The maximum absolute atomic E-state index is 6.05. The third-order valence-corrected chi connectivity index (χ3v) is 3.30. The van der Waals surface area contributed by atoms with Gasteiger partial charge in [0.2, 0.25) is 0 Å². The van der Waals surface area contributed by atoms with Crippen molar-refractivity contribution < 1.29 is 0 Å². The number of aryl methyl sites for hydroxylation is 2. The van der Waals surface area contributed by atoms with Crippen LogP contribution in [0.25, 0.3) is 0 Å². The fourth-order valence-electron chi connectivity index (χ4n) is 2.26. The average molecular weight is 204 g/mol. The van der Waals surface area contributed by atoms with Gasteiger partial charge >= 0.3 is 0 Å². The number of nitrogens with one attached hydrogen (secondary N) is 1. The Bertz CT molecular complexity index is 346. The van der Waals surface area contributed by atoms with Crippen molar-refractivity contribution in [2.24, 2.45) is 5.73 Å². The number of hydrogen-bond acceptors (Lipinski definition) is 2. The number of benzene rings is 1. The molecule has 0 aromatic heterocycles. The maximum Gasteiger partial charge on any atom is 0.0412 e. The smallest absolute Gasteiger partial charge is 0.0412 e. The van der Waals surface area contributed by atoms with Crippen molar-refractivity contribution in [3.63, 3.8) is 0 Å². The highest BCUT2D eigenvalue weighted by molar-refractivity contribution is 5.53. The predicted molar refractivity (Wildman–Crippen MR) is 65.2 cm³/mol. The summed E-state index contributed by atoms with van der Waals surface area (Å²) in [6, 6.07) is 7.31. The molecule has 1 aromatic carbocycles. The molecule has 0 radical (unpaired) electrons. The van der Waals surface area contributed by atoms with Gasteiger partial charge in [-0.25, -0.2) is 0 Å². The van der Waals surface area contributed by atoms with Crippen molar-refractivity contribution in [1.82, 2.24) is 0 Å². The Kier molecular flexibility index (Phi) is 2.96.